The van der Waals surface area contributed by atoms with Crippen molar-refractivity contribution in [3.05, 3.63) is 94.6 Å². The maximum Gasteiger partial charge on any atom is 0.268 e. The molecule has 1 saturated heterocycles. The second kappa shape index (κ2) is 8.43. The highest BCUT2D eigenvalue weighted by Crippen LogP contribution is 2.55. The van der Waals surface area contributed by atoms with Gasteiger partial charge in [-0.2, -0.15) is 0 Å². The normalized spacial score (nSPS) is 19.1. The van der Waals surface area contributed by atoms with Crippen molar-refractivity contribution in [1.29, 1.82) is 0 Å². The number of thioether (sulfide) groups is 1. The van der Waals surface area contributed by atoms with Crippen LogP contribution in [-0.2, 0) is 16.2 Å². The highest BCUT2D eigenvalue weighted by Gasteiger charge is 2.59. The van der Waals surface area contributed by atoms with Gasteiger partial charge in [-0.3, -0.25) is 9.59 Å². The molecular formula is C26H22F2N2O3S. The fourth-order valence-electron chi connectivity index (χ4n) is 4.64. The van der Waals surface area contributed by atoms with Gasteiger partial charge < -0.3 is 14.5 Å². The fourth-order valence-corrected chi connectivity index (χ4v) is 6.09. The van der Waals surface area contributed by atoms with Crippen LogP contribution in [0.5, 0.6) is 5.75 Å². The number of methoxy groups -OCH3 is 1. The molecule has 0 aromatic heterocycles. The zero-order chi connectivity index (χ0) is 24.0. The Morgan fingerprint density at radius 2 is 1.82 bits per heavy atom. The summed E-state index contributed by atoms with van der Waals surface area (Å²) in [6.45, 7) is 2.00. The minimum absolute atomic E-state index is 0.187. The second-order valence-corrected chi connectivity index (χ2v) is 9.58. The quantitative estimate of drug-likeness (QED) is 0.535. The third-order valence-corrected chi connectivity index (χ3v) is 7.71. The number of fused-ring (bicyclic) bond motifs is 2. The molecule has 1 fully saturated rings. The molecule has 2 heterocycles. The van der Waals surface area contributed by atoms with Gasteiger partial charge in [-0.25, -0.2) is 8.78 Å². The lowest BCUT2D eigenvalue weighted by Gasteiger charge is -2.33. The van der Waals surface area contributed by atoms with E-state index in [1.165, 1.54) is 42.0 Å². The topological polar surface area (TPSA) is 49.9 Å². The fraction of sp³-hybridized carbons (Fsp3) is 0.231. The van der Waals surface area contributed by atoms with Crippen molar-refractivity contribution in [2.75, 3.05) is 24.3 Å². The highest BCUT2D eigenvalue weighted by atomic mass is 32.2. The van der Waals surface area contributed by atoms with Crippen molar-refractivity contribution < 1.29 is 23.1 Å². The molecule has 0 N–H and O–H groups in total. The van der Waals surface area contributed by atoms with Gasteiger partial charge in [0.1, 0.15) is 17.4 Å². The zero-order valence-electron chi connectivity index (χ0n) is 18.7. The molecule has 174 valence electrons. The number of carbonyl (C=O) groups excluding carboxylic acids is 2. The Bertz CT molecular complexity index is 1290. The van der Waals surface area contributed by atoms with Crippen LogP contribution in [0.2, 0.25) is 0 Å². The van der Waals surface area contributed by atoms with Crippen molar-refractivity contribution >= 4 is 29.3 Å². The standard InChI is InChI=1S/C26H22F2N2O3S/c1-16-9-10-23-20(13-16)26(25(32)29(23)15-19-21(27)7-4-8-22(19)28)30(11-12-34-26)24(31)17-5-3-6-18(14-17)33-2/h3-10,13-14H,11-12,15H2,1-2H3. The molecule has 2 aliphatic heterocycles. The minimum Gasteiger partial charge on any atom is -0.497 e. The number of rotatable bonds is 4. The van der Waals surface area contributed by atoms with Gasteiger partial charge in [-0.1, -0.05) is 29.8 Å². The van der Waals surface area contributed by atoms with Gasteiger partial charge in [0.2, 0.25) is 0 Å². The molecule has 2 aliphatic rings. The molecule has 3 aromatic rings. The average molecular weight is 481 g/mol. The Labute approximate surface area is 200 Å². The number of carbonyl (C=O) groups is 2. The molecule has 1 atom stereocenters. The number of aryl methyl sites for hydroxylation is 1. The molecule has 0 saturated carbocycles. The molecule has 1 unspecified atom stereocenters. The lowest BCUT2D eigenvalue weighted by Crippen LogP contribution is -2.50. The van der Waals surface area contributed by atoms with Crippen LogP contribution < -0.4 is 9.64 Å². The van der Waals surface area contributed by atoms with Crippen LogP contribution in [0.25, 0.3) is 0 Å². The van der Waals surface area contributed by atoms with E-state index in [-0.39, 0.29) is 23.9 Å². The largest absolute Gasteiger partial charge is 0.497 e. The van der Waals surface area contributed by atoms with E-state index in [1.807, 2.05) is 19.1 Å². The summed E-state index contributed by atoms with van der Waals surface area (Å²) in [7, 11) is 1.52. The average Bonchev–Trinajstić information content (AvgIpc) is 3.37. The van der Waals surface area contributed by atoms with Gasteiger partial charge in [0.25, 0.3) is 11.8 Å². The number of hydrogen-bond acceptors (Lipinski definition) is 4. The summed E-state index contributed by atoms with van der Waals surface area (Å²) in [4.78, 5) is 29.4. The predicted octanol–water partition coefficient (Wildman–Crippen LogP) is 4.87. The molecule has 0 bridgehead atoms. The summed E-state index contributed by atoms with van der Waals surface area (Å²) in [5, 5.41) is 0. The van der Waals surface area contributed by atoms with Crippen LogP contribution in [0.4, 0.5) is 14.5 Å². The number of halogens is 2. The molecule has 8 heteroatoms. The van der Waals surface area contributed by atoms with Crippen LogP contribution in [0.1, 0.15) is 27.0 Å². The van der Waals surface area contributed by atoms with Crippen LogP contribution >= 0.6 is 11.8 Å². The van der Waals surface area contributed by atoms with E-state index in [9.17, 15) is 18.4 Å². The van der Waals surface area contributed by atoms with Crippen molar-refractivity contribution in [2.45, 2.75) is 18.3 Å². The molecule has 2 amide bonds. The van der Waals surface area contributed by atoms with Crippen LogP contribution in [0, 0.1) is 18.6 Å². The SMILES string of the molecule is COc1cccc(C(=O)N2CCSC23C(=O)N(Cc2c(F)cccc2F)c2ccc(C)cc23)c1. The van der Waals surface area contributed by atoms with E-state index in [0.29, 0.717) is 34.9 Å². The van der Waals surface area contributed by atoms with Crippen molar-refractivity contribution in [2.24, 2.45) is 0 Å². The van der Waals surface area contributed by atoms with Gasteiger partial charge in [-0.05, 0) is 43.3 Å². The summed E-state index contributed by atoms with van der Waals surface area (Å²) in [5.74, 6) is -1.02. The Kier molecular flexibility index (Phi) is 5.56. The molecular weight excluding hydrogens is 458 g/mol. The van der Waals surface area contributed by atoms with Crippen LogP contribution in [0.15, 0.2) is 60.7 Å². The summed E-state index contributed by atoms with van der Waals surface area (Å²) < 4.78 is 34.2. The molecule has 5 rings (SSSR count). The molecule has 5 nitrogen and oxygen atoms in total. The Hall–Kier alpha value is -3.39. The highest BCUT2D eigenvalue weighted by molar-refractivity contribution is 8.01. The number of ether oxygens (including phenoxy) is 1. The molecule has 1 spiro atoms. The molecule has 0 aliphatic carbocycles. The van der Waals surface area contributed by atoms with E-state index in [4.69, 9.17) is 4.74 Å². The van der Waals surface area contributed by atoms with Gasteiger partial charge >= 0.3 is 0 Å². The first kappa shape index (κ1) is 22.4. The van der Waals surface area contributed by atoms with Crippen LogP contribution in [-0.4, -0.2) is 36.1 Å². The summed E-state index contributed by atoms with van der Waals surface area (Å²) in [5.41, 5.74) is 2.35. The van der Waals surface area contributed by atoms with Crippen LogP contribution in [0.3, 0.4) is 0 Å². The summed E-state index contributed by atoms with van der Waals surface area (Å²) >= 11 is 1.37. The summed E-state index contributed by atoms with van der Waals surface area (Å²) in [6, 6.07) is 16.0. The lowest BCUT2D eigenvalue weighted by molar-refractivity contribution is -0.123. The second-order valence-electron chi connectivity index (χ2n) is 8.29. The maximum absolute atomic E-state index is 14.5. The number of amides is 2. The zero-order valence-corrected chi connectivity index (χ0v) is 19.5. The first-order chi connectivity index (χ1) is 16.4. The van der Waals surface area contributed by atoms with E-state index < -0.39 is 16.5 Å². The van der Waals surface area contributed by atoms with Crippen molar-refractivity contribution in [3.63, 3.8) is 0 Å². The third kappa shape index (κ3) is 3.36. The van der Waals surface area contributed by atoms with Gasteiger partial charge in [0, 0.05) is 29.0 Å². The Morgan fingerprint density at radius 3 is 2.56 bits per heavy atom. The molecule has 34 heavy (non-hydrogen) atoms. The number of hydrogen-bond donors (Lipinski definition) is 0. The predicted molar refractivity (Wildman–Crippen MR) is 127 cm³/mol. The first-order valence-electron chi connectivity index (χ1n) is 10.8. The lowest BCUT2D eigenvalue weighted by atomic mass is 10.0. The first-order valence-corrected chi connectivity index (χ1v) is 11.8. The number of anilines is 1. The van der Waals surface area contributed by atoms with Gasteiger partial charge in [0.05, 0.1) is 19.3 Å². The minimum atomic E-state index is -1.30. The van der Waals surface area contributed by atoms with Crippen molar-refractivity contribution in [3.8, 4) is 5.75 Å². The Balaban J connectivity index is 1.61. The smallest absolute Gasteiger partial charge is 0.268 e. The molecule has 3 aromatic carbocycles. The number of benzene rings is 3. The van der Waals surface area contributed by atoms with E-state index in [0.717, 1.165) is 5.56 Å². The number of nitrogens with zero attached hydrogens (tertiary/aromatic N) is 2. The van der Waals surface area contributed by atoms with E-state index in [1.54, 1.807) is 35.2 Å². The van der Waals surface area contributed by atoms with Crippen molar-refractivity contribution in [1.82, 2.24) is 4.90 Å². The maximum atomic E-state index is 14.5. The van der Waals surface area contributed by atoms with E-state index >= 15 is 0 Å². The summed E-state index contributed by atoms with van der Waals surface area (Å²) in [6.07, 6.45) is 0. The Morgan fingerprint density at radius 1 is 1.09 bits per heavy atom. The monoisotopic (exact) mass is 480 g/mol. The van der Waals surface area contributed by atoms with Gasteiger partial charge in [-0.15, -0.1) is 11.8 Å². The van der Waals surface area contributed by atoms with Gasteiger partial charge in [0.15, 0.2) is 4.87 Å². The molecule has 0 radical (unpaired) electrons. The third-order valence-electron chi connectivity index (χ3n) is 6.29. The van der Waals surface area contributed by atoms with E-state index in [2.05, 4.69) is 0 Å².